The van der Waals surface area contributed by atoms with Gasteiger partial charge in [-0.3, -0.25) is 14.2 Å². The minimum atomic E-state index is 0.0353. The molecule has 1 heterocycles. The summed E-state index contributed by atoms with van der Waals surface area (Å²) < 4.78 is 1.87. The number of amides is 1. The van der Waals surface area contributed by atoms with Crippen LogP contribution in [0.3, 0.4) is 0 Å². The molecule has 2 saturated carbocycles. The van der Waals surface area contributed by atoms with Gasteiger partial charge in [-0.2, -0.15) is 0 Å². The first-order chi connectivity index (χ1) is 13.6. The number of rotatable bonds is 5. The number of fused-ring (bicyclic) bond motifs is 1. The summed E-state index contributed by atoms with van der Waals surface area (Å²) in [6.45, 7) is 0. The largest absolute Gasteiger partial charge is 0.342 e. The van der Waals surface area contributed by atoms with Crippen LogP contribution in [0.2, 0.25) is 0 Å². The fourth-order valence-corrected chi connectivity index (χ4v) is 5.60. The molecule has 6 heteroatoms. The van der Waals surface area contributed by atoms with E-state index in [0.717, 1.165) is 44.0 Å². The van der Waals surface area contributed by atoms with E-state index in [9.17, 15) is 9.59 Å². The van der Waals surface area contributed by atoms with Crippen molar-refractivity contribution in [1.82, 2.24) is 14.5 Å². The van der Waals surface area contributed by atoms with Crippen molar-refractivity contribution in [2.75, 3.05) is 12.8 Å². The zero-order valence-corrected chi connectivity index (χ0v) is 17.4. The number of hydrogen-bond donors (Lipinski definition) is 0. The van der Waals surface area contributed by atoms with Gasteiger partial charge in [0, 0.05) is 19.1 Å². The van der Waals surface area contributed by atoms with Gasteiger partial charge >= 0.3 is 0 Å². The first-order valence-electron chi connectivity index (χ1n) is 10.5. The van der Waals surface area contributed by atoms with Gasteiger partial charge in [0.2, 0.25) is 5.91 Å². The van der Waals surface area contributed by atoms with E-state index >= 15 is 0 Å². The summed E-state index contributed by atoms with van der Waals surface area (Å²) in [4.78, 5) is 32.7. The van der Waals surface area contributed by atoms with Crippen LogP contribution in [0.5, 0.6) is 0 Å². The molecule has 150 valence electrons. The Hall–Kier alpha value is -1.82. The fourth-order valence-electron chi connectivity index (χ4n) is 4.61. The molecule has 0 radical (unpaired) electrons. The van der Waals surface area contributed by atoms with E-state index in [1.807, 2.05) is 40.8 Å². The number of para-hydroxylation sites is 1. The van der Waals surface area contributed by atoms with Gasteiger partial charge in [0.1, 0.15) is 0 Å². The van der Waals surface area contributed by atoms with E-state index in [4.69, 9.17) is 4.98 Å². The van der Waals surface area contributed by atoms with E-state index in [1.165, 1.54) is 31.0 Å². The lowest BCUT2D eigenvalue weighted by Gasteiger charge is -2.31. The van der Waals surface area contributed by atoms with Gasteiger partial charge in [-0.15, -0.1) is 0 Å². The van der Waals surface area contributed by atoms with Gasteiger partial charge in [0.25, 0.3) is 5.56 Å². The number of benzene rings is 1. The third-order valence-electron chi connectivity index (χ3n) is 6.31. The Bertz CT molecular complexity index is 898. The molecule has 0 spiro atoms. The maximum atomic E-state index is 13.2. The Kier molecular flexibility index (Phi) is 6.04. The molecule has 4 rings (SSSR count). The van der Waals surface area contributed by atoms with E-state index in [2.05, 4.69) is 0 Å². The van der Waals surface area contributed by atoms with E-state index < -0.39 is 0 Å². The van der Waals surface area contributed by atoms with Crippen molar-refractivity contribution in [2.24, 2.45) is 0 Å². The summed E-state index contributed by atoms with van der Waals surface area (Å²) in [6.07, 6.45) is 10.2. The fraction of sp³-hybridized carbons (Fsp3) is 0.591. The summed E-state index contributed by atoms with van der Waals surface area (Å²) in [5.74, 6) is 0.474. The third kappa shape index (κ3) is 3.97. The van der Waals surface area contributed by atoms with Crippen LogP contribution in [-0.2, 0) is 4.79 Å². The molecule has 0 atom stereocenters. The molecule has 2 aliphatic rings. The van der Waals surface area contributed by atoms with Gasteiger partial charge in [0.05, 0.1) is 16.7 Å². The number of aromatic nitrogens is 2. The molecule has 0 bridgehead atoms. The zero-order chi connectivity index (χ0) is 19.5. The van der Waals surface area contributed by atoms with Crippen molar-refractivity contribution in [3.63, 3.8) is 0 Å². The molecule has 0 N–H and O–H groups in total. The third-order valence-corrected chi connectivity index (χ3v) is 7.24. The lowest BCUT2D eigenvalue weighted by Crippen LogP contribution is -2.39. The van der Waals surface area contributed by atoms with Crippen LogP contribution in [-0.4, -0.2) is 39.2 Å². The lowest BCUT2D eigenvalue weighted by molar-refractivity contribution is -0.129. The highest BCUT2D eigenvalue weighted by Crippen LogP contribution is 2.32. The van der Waals surface area contributed by atoms with Crippen molar-refractivity contribution >= 4 is 28.6 Å². The van der Waals surface area contributed by atoms with Crippen LogP contribution in [0.4, 0.5) is 0 Å². The Morgan fingerprint density at radius 3 is 2.54 bits per heavy atom. The quantitative estimate of drug-likeness (QED) is 0.552. The summed E-state index contributed by atoms with van der Waals surface area (Å²) in [7, 11) is 1.93. The number of carbonyl (C=O) groups excluding carboxylic acids is 1. The minimum Gasteiger partial charge on any atom is -0.342 e. The maximum Gasteiger partial charge on any atom is 0.262 e. The Labute approximate surface area is 170 Å². The average Bonchev–Trinajstić information content (AvgIpc) is 3.26. The molecule has 5 nitrogen and oxygen atoms in total. The standard InChI is InChI=1S/C22H29N3O2S/c1-24(16-9-3-2-4-10-16)20(26)15-28-22-23-19-14-8-7-13-18(19)21(27)25(22)17-11-5-6-12-17/h7-8,13-14,16-17H,2-6,9-12,15H2,1H3. The summed E-state index contributed by atoms with van der Waals surface area (Å²) in [5, 5.41) is 1.37. The van der Waals surface area contributed by atoms with Gasteiger partial charge < -0.3 is 4.90 Å². The molecular weight excluding hydrogens is 370 g/mol. The molecule has 2 aliphatic carbocycles. The minimum absolute atomic E-state index is 0.0353. The summed E-state index contributed by atoms with van der Waals surface area (Å²) >= 11 is 1.42. The van der Waals surface area contributed by atoms with Gasteiger partial charge in [-0.1, -0.05) is 56.0 Å². The molecule has 2 fully saturated rings. The van der Waals surface area contributed by atoms with Crippen molar-refractivity contribution in [1.29, 1.82) is 0 Å². The van der Waals surface area contributed by atoms with Crippen LogP contribution in [0.25, 0.3) is 10.9 Å². The zero-order valence-electron chi connectivity index (χ0n) is 16.6. The highest BCUT2D eigenvalue weighted by Gasteiger charge is 2.25. The molecule has 1 aromatic heterocycles. The predicted molar refractivity (Wildman–Crippen MR) is 114 cm³/mol. The monoisotopic (exact) mass is 399 g/mol. The van der Waals surface area contributed by atoms with Crippen molar-refractivity contribution in [3.8, 4) is 0 Å². The van der Waals surface area contributed by atoms with Crippen LogP contribution in [0.1, 0.15) is 63.8 Å². The topological polar surface area (TPSA) is 55.2 Å². The second kappa shape index (κ2) is 8.68. The Morgan fingerprint density at radius 2 is 1.79 bits per heavy atom. The van der Waals surface area contributed by atoms with Gasteiger partial charge in [-0.05, 0) is 37.8 Å². The number of nitrogens with zero attached hydrogens (tertiary/aromatic N) is 3. The Morgan fingerprint density at radius 1 is 1.11 bits per heavy atom. The summed E-state index contributed by atoms with van der Waals surface area (Å²) in [5.41, 5.74) is 0.755. The number of thioether (sulfide) groups is 1. The SMILES string of the molecule is CN(C(=O)CSc1nc2ccccc2c(=O)n1C1CCCC1)C1CCCCC1. The average molecular weight is 400 g/mol. The van der Waals surface area contributed by atoms with Crippen LogP contribution in [0.15, 0.2) is 34.2 Å². The van der Waals surface area contributed by atoms with Crippen molar-refractivity contribution < 1.29 is 4.79 Å². The summed E-state index contributed by atoms with van der Waals surface area (Å²) in [6, 6.07) is 8.11. The van der Waals surface area contributed by atoms with Crippen molar-refractivity contribution in [2.45, 2.75) is 75.0 Å². The highest BCUT2D eigenvalue weighted by molar-refractivity contribution is 7.99. The smallest absolute Gasteiger partial charge is 0.262 e. The van der Waals surface area contributed by atoms with Gasteiger partial charge in [0.15, 0.2) is 5.16 Å². The highest BCUT2D eigenvalue weighted by atomic mass is 32.2. The van der Waals surface area contributed by atoms with Crippen LogP contribution < -0.4 is 5.56 Å². The molecule has 28 heavy (non-hydrogen) atoms. The second-order valence-corrected chi connectivity index (χ2v) is 9.05. The van der Waals surface area contributed by atoms with Crippen LogP contribution >= 0.6 is 11.8 Å². The molecule has 2 aromatic rings. The molecule has 0 saturated heterocycles. The van der Waals surface area contributed by atoms with E-state index in [1.54, 1.807) is 0 Å². The molecular formula is C22H29N3O2S. The lowest BCUT2D eigenvalue weighted by atomic mass is 9.94. The first-order valence-corrected chi connectivity index (χ1v) is 11.5. The second-order valence-electron chi connectivity index (χ2n) is 8.11. The first kappa shape index (κ1) is 19.5. The van der Waals surface area contributed by atoms with Crippen LogP contribution in [0, 0.1) is 0 Å². The molecule has 1 aromatic carbocycles. The van der Waals surface area contributed by atoms with Gasteiger partial charge in [-0.25, -0.2) is 4.98 Å². The molecule has 0 aliphatic heterocycles. The molecule has 1 amide bonds. The van der Waals surface area contributed by atoms with E-state index in [-0.39, 0.29) is 17.5 Å². The number of carbonyl (C=O) groups is 1. The number of hydrogen-bond acceptors (Lipinski definition) is 4. The maximum absolute atomic E-state index is 13.2. The molecule has 0 unspecified atom stereocenters. The van der Waals surface area contributed by atoms with Crippen molar-refractivity contribution in [3.05, 3.63) is 34.6 Å². The Balaban J connectivity index is 1.57. The van der Waals surface area contributed by atoms with E-state index in [0.29, 0.717) is 22.3 Å². The normalized spacial score (nSPS) is 18.6. The predicted octanol–water partition coefficient (Wildman–Crippen LogP) is 4.39.